The molecule has 1 heterocycles. The number of halogens is 1. The first-order valence-electron chi connectivity index (χ1n) is 7.70. The second-order valence-electron chi connectivity index (χ2n) is 4.88. The van der Waals surface area contributed by atoms with Crippen LogP contribution in [0.25, 0.3) is 11.5 Å². The Bertz CT molecular complexity index is 755. The highest BCUT2D eigenvalue weighted by molar-refractivity contribution is 6.30. The summed E-state index contributed by atoms with van der Waals surface area (Å²) in [5.74, 6) is 1.21. The summed E-state index contributed by atoms with van der Waals surface area (Å²) in [7, 11) is 1.92. The first-order chi connectivity index (χ1) is 11.6. The van der Waals surface area contributed by atoms with Crippen LogP contribution in [0.5, 0.6) is 5.75 Å². The average molecular weight is 346 g/mol. The highest BCUT2D eigenvalue weighted by Gasteiger charge is 2.11. The molecular formula is C18H20ClN3O2. The Morgan fingerprint density at radius 3 is 2.25 bits per heavy atom. The van der Waals surface area contributed by atoms with Crippen molar-refractivity contribution in [1.29, 1.82) is 0 Å². The molecule has 0 spiro atoms. The zero-order valence-corrected chi connectivity index (χ0v) is 14.7. The first kappa shape index (κ1) is 17.8. The van der Waals surface area contributed by atoms with E-state index in [9.17, 15) is 5.11 Å². The highest BCUT2D eigenvalue weighted by atomic mass is 35.5. The topological polar surface area (TPSA) is 62.4 Å². The minimum atomic E-state index is 0.236. The van der Waals surface area contributed by atoms with E-state index >= 15 is 0 Å². The molecule has 0 amide bonds. The quantitative estimate of drug-likeness (QED) is 0.738. The van der Waals surface area contributed by atoms with Gasteiger partial charge in [-0.15, -0.1) is 10.2 Å². The maximum absolute atomic E-state index is 9.31. The SMILES string of the molecule is CC.CN(Cc1nnc(-c2ccc(Cl)cc2)o1)c1ccc(O)cc1. The van der Waals surface area contributed by atoms with Crippen LogP contribution in [0.15, 0.2) is 52.9 Å². The molecule has 3 aromatic rings. The average Bonchev–Trinajstić information content (AvgIpc) is 3.06. The van der Waals surface area contributed by atoms with Crippen LogP contribution in [0.2, 0.25) is 5.02 Å². The van der Waals surface area contributed by atoms with Crippen molar-refractivity contribution in [1.82, 2.24) is 10.2 Å². The van der Waals surface area contributed by atoms with E-state index in [0.717, 1.165) is 11.3 Å². The maximum atomic E-state index is 9.31. The van der Waals surface area contributed by atoms with Crippen molar-refractivity contribution >= 4 is 17.3 Å². The van der Waals surface area contributed by atoms with Gasteiger partial charge in [0.05, 0.1) is 6.54 Å². The molecule has 24 heavy (non-hydrogen) atoms. The molecule has 0 unspecified atom stereocenters. The number of hydrogen-bond donors (Lipinski definition) is 1. The van der Waals surface area contributed by atoms with Gasteiger partial charge in [-0.2, -0.15) is 0 Å². The third-order valence-corrected chi connectivity index (χ3v) is 3.47. The van der Waals surface area contributed by atoms with Crippen LogP contribution >= 0.6 is 11.6 Å². The summed E-state index contributed by atoms with van der Waals surface area (Å²) in [4.78, 5) is 1.96. The summed E-state index contributed by atoms with van der Waals surface area (Å²) < 4.78 is 5.67. The van der Waals surface area contributed by atoms with Gasteiger partial charge in [0.15, 0.2) is 0 Å². The Morgan fingerprint density at radius 1 is 1.00 bits per heavy atom. The largest absolute Gasteiger partial charge is 0.508 e. The molecular weight excluding hydrogens is 326 g/mol. The summed E-state index contributed by atoms with van der Waals surface area (Å²) in [6.45, 7) is 4.48. The lowest BCUT2D eigenvalue weighted by atomic mass is 10.2. The second kappa shape index (κ2) is 8.36. The molecule has 126 valence electrons. The molecule has 0 bridgehead atoms. The molecule has 0 saturated carbocycles. The van der Waals surface area contributed by atoms with Gasteiger partial charge in [0.1, 0.15) is 5.75 Å². The number of benzene rings is 2. The Morgan fingerprint density at radius 2 is 1.62 bits per heavy atom. The van der Waals surface area contributed by atoms with Gasteiger partial charge >= 0.3 is 0 Å². The van der Waals surface area contributed by atoms with Crippen LogP contribution in [0.1, 0.15) is 19.7 Å². The van der Waals surface area contributed by atoms with Gasteiger partial charge in [0, 0.05) is 23.3 Å². The molecule has 6 heteroatoms. The van der Waals surface area contributed by atoms with E-state index in [4.69, 9.17) is 16.0 Å². The molecule has 0 fully saturated rings. The zero-order valence-electron chi connectivity index (χ0n) is 13.9. The van der Waals surface area contributed by atoms with Crippen molar-refractivity contribution in [3.63, 3.8) is 0 Å². The van der Waals surface area contributed by atoms with Crippen molar-refractivity contribution in [2.24, 2.45) is 0 Å². The number of aromatic hydroxyl groups is 1. The van der Waals surface area contributed by atoms with E-state index in [1.807, 2.05) is 50.1 Å². The van der Waals surface area contributed by atoms with Crippen LogP contribution < -0.4 is 4.90 Å². The number of nitrogens with zero attached hydrogens (tertiary/aromatic N) is 3. The van der Waals surface area contributed by atoms with Gasteiger partial charge in [-0.25, -0.2) is 0 Å². The molecule has 0 aliphatic carbocycles. The molecule has 0 radical (unpaired) electrons. The van der Waals surface area contributed by atoms with Crippen molar-refractivity contribution in [3.05, 3.63) is 59.4 Å². The van der Waals surface area contributed by atoms with Crippen LogP contribution in [0.4, 0.5) is 5.69 Å². The van der Waals surface area contributed by atoms with Gasteiger partial charge in [0.25, 0.3) is 0 Å². The molecule has 1 N–H and O–H groups in total. The number of phenols is 1. The third-order valence-electron chi connectivity index (χ3n) is 3.22. The van der Waals surface area contributed by atoms with Crippen LogP contribution in [0, 0.1) is 0 Å². The molecule has 2 aromatic carbocycles. The maximum Gasteiger partial charge on any atom is 0.247 e. The van der Waals surface area contributed by atoms with E-state index in [0.29, 0.717) is 23.3 Å². The molecule has 0 aliphatic heterocycles. The Labute approximate surface area is 146 Å². The number of aromatic nitrogens is 2. The van der Waals surface area contributed by atoms with E-state index in [-0.39, 0.29) is 5.75 Å². The van der Waals surface area contributed by atoms with E-state index in [2.05, 4.69) is 10.2 Å². The molecule has 1 aromatic heterocycles. The molecule has 0 saturated heterocycles. The number of anilines is 1. The predicted octanol–water partition coefficient (Wildman–Crippen LogP) is 4.76. The Kier molecular flexibility index (Phi) is 6.21. The predicted molar refractivity (Wildman–Crippen MR) is 96.3 cm³/mol. The summed E-state index contributed by atoms with van der Waals surface area (Å²) in [5, 5.41) is 18.1. The van der Waals surface area contributed by atoms with Gasteiger partial charge in [0.2, 0.25) is 11.8 Å². The van der Waals surface area contributed by atoms with Crippen LogP contribution in [-0.4, -0.2) is 22.4 Å². The van der Waals surface area contributed by atoms with Gasteiger partial charge in [-0.05, 0) is 48.5 Å². The van der Waals surface area contributed by atoms with Gasteiger partial charge in [-0.1, -0.05) is 25.4 Å². The second-order valence-corrected chi connectivity index (χ2v) is 5.32. The smallest absolute Gasteiger partial charge is 0.247 e. The van der Waals surface area contributed by atoms with Gasteiger partial charge < -0.3 is 14.4 Å². The standard InChI is InChI=1S/C16H14ClN3O2.C2H6/c1-20(13-6-8-14(21)9-7-13)10-15-18-19-16(22-15)11-2-4-12(17)5-3-11;1-2/h2-9,21H,10H2,1H3;1-2H3. The van der Waals surface area contributed by atoms with E-state index in [1.165, 1.54) is 0 Å². The van der Waals surface area contributed by atoms with Crippen molar-refractivity contribution < 1.29 is 9.52 Å². The zero-order chi connectivity index (χ0) is 17.5. The lowest BCUT2D eigenvalue weighted by molar-refractivity contribution is 0.475. The molecule has 0 atom stereocenters. The number of rotatable bonds is 4. The minimum Gasteiger partial charge on any atom is -0.508 e. The summed E-state index contributed by atoms with van der Waals surface area (Å²) in [5.41, 5.74) is 1.78. The lowest BCUT2D eigenvalue weighted by Gasteiger charge is -2.16. The molecule has 3 rings (SSSR count). The van der Waals surface area contributed by atoms with E-state index in [1.54, 1.807) is 24.3 Å². The molecule has 0 aliphatic rings. The summed E-state index contributed by atoms with van der Waals surface area (Å²) in [6.07, 6.45) is 0. The molecule has 5 nitrogen and oxygen atoms in total. The summed E-state index contributed by atoms with van der Waals surface area (Å²) in [6, 6.07) is 14.2. The van der Waals surface area contributed by atoms with Crippen LogP contribution in [0.3, 0.4) is 0 Å². The number of hydrogen-bond acceptors (Lipinski definition) is 5. The number of phenolic OH excluding ortho intramolecular Hbond substituents is 1. The third kappa shape index (κ3) is 4.49. The van der Waals surface area contributed by atoms with Crippen molar-refractivity contribution in [3.8, 4) is 17.2 Å². The monoisotopic (exact) mass is 345 g/mol. The minimum absolute atomic E-state index is 0.236. The van der Waals surface area contributed by atoms with Crippen molar-refractivity contribution in [2.75, 3.05) is 11.9 Å². The normalized spacial score (nSPS) is 10.0. The fourth-order valence-corrected chi connectivity index (χ4v) is 2.15. The van der Waals surface area contributed by atoms with Crippen molar-refractivity contribution in [2.45, 2.75) is 20.4 Å². The van der Waals surface area contributed by atoms with Gasteiger partial charge in [-0.3, -0.25) is 0 Å². The van der Waals surface area contributed by atoms with E-state index < -0.39 is 0 Å². The first-order valence-corrected chi connectivity index (χ1v) is 8.08. The summed E-state index contributed by atoms with van der Waals surface area (Å²) >= 11 is 5.86. The highest BCUT2D eigenvalue weighted by Crippen LogP contribution is 2.22. The Balaban J connectivity index is 0.00000100. The Hall–Kier alpha value is -2.53. The van der Waals surface area contributed by atoms with Crippen LogP contribution in [-0.2, 0) is 6.54 Å². The fraction of sp³-hybridized carbons (Fsp3) is 0.222. The lowest BCUT2D eigenvalue weighted by Crippen LogP contribution is -2.16. The fourth-order valence-electron chi connectivity index (χ4n) is 2.03.